The average Bonchev–Trinajstić information content (AvgIpc) is 2.26. The third-order valence-corrected chi connectivity index (χ3v) is 3.32. The topological polar surface area (TPSA) is 44.4 Å². The molecule has 0 aromatic carbocycles. The van der Waals surface area contributed by atoms with Crippen molar-refractivity contribution in [3.8, 4) is 0 Å². The van der Waals surface area contributed by atoms with Gasteiger partial charge in [-0.3, -0.25) is 9.69 Å². The van der Waals surface area contributed by atoms with Gasteiger partial charge < -0.3 is 10.6 Å². The highest BCUT2D eigenvalue weighted by molar-refractivity contribution is 5.77. The van der Waals surface area contributed by atoms with Crippen molar-refractivity contribution >= 4 is 5.91 Å². The standard InChI is InChI=1S/C12H25N3O/c1-4-6-14-12(16)9-15(3)11-8-13-7-5-10(11)2/h10-11,13H,4-9H2,1-3H3,(H,14,16). The number of nitrogens with zero attached hydrogens (tertiary/aromatic N) is 1. The van der Waals surface area contributed by atoms with Gasteiger partial charge in [-0.15, -0.1) is 0 Å². The summed E-state index contributed by atoms with van der Waals surface area (Å²) in [5, 5.41) is 6.31. The molecule has 1 amide bonds. The van der Waals surface area contributed by atoms with Crippen molar-refractivity contribution in [2.45, 2.75) is 32.7 Å². The maximum Gasteiger partial charge on any atom is 0.234 e. The van der Waals surface area contributed by atoms with Crippen LogP contribution in [0.4, 0.5) is 0 Å². The lowest BCUT2D eigenvalue weighted by atomic mass is 9.94. The Morgan fingerprint density at radius 3 is 2.94 bits per heavy atom. The van der Waals surface area contributed by atoms with Gasteiger partial charge in [0.05, 0.1) is 6.54 Å². The predicted octanol–water partition coefficient (Wildman–Crippen LogP) is 0.442. The first-order valence-electron chi connectivity index (χ1n) is 6.32. The molecule has 0 radical (unpaired) electrons. The maximum atomic E-state index is 11.6. The van der Waals surface area contributed by atoms with Crippen LogP contribution in [0.1, 0.15) is 26.7 Å². The van der Waals surface area contributed by atoms with E-state index in [1.54, 1.807) is 0 Å². The fourth-order valence-electron chi connectivity index (χ4n) is 2.23. The van der Waals surface area contributed by atoms with E-state index in [0.717, 1.165) is 26.1 Å². The lowest BCUT2D eigenvalue weighted by Gasteiger charge is -2.36. The van der Waals surface area contributed by atoms with Crippen LogP contribution in [0.25, 0.3) is 0 Å². The van der Waals surface area contributed by atoms with E-state index in [4.69, 9.17) is 0 Å². The molecule has 2 atom stereocenters. The van der Waals surface area contributed by atoms with E-state index in [1.165, 1.54) is 6.42 Å². The van der Waals surface area contributed by atoms with Crippen molar-refractivity contribution in [2.75, 3.05) is 33.2 Å². The van der Waals surface area contributed by atoms with Gasteiger partial charge >= 0.3 is 0 Å². The highest BCUT2D eigenvalue weighted by Crippen LogP contribution is 2.15. The van der Waals surface area contributed by atoms with Crippen molar-refractivity contribution in [3.05, 3.63) is 0 Å². The van der Waals surface area contributed by atoms with E-state index < -0.39 is 0 Å². The van der Waals surface area contributed by atoms with E-state index in [-0.39, 0.29) is 5.91 Å². The number of carbonyl (C=O) groups excluding carboxylic acids is 1. The van der Waals surface area contributed by atoms with Gasteiger partial charge in [0.1, 0.15) is 0 Å². The molecule has 0 aliphatic carbocycles. The van der Waals surface area contributed by atoms with Gasteiger partial charge in [0, 0.05) is 19.1 Å². The molecule has 94 valence electrons. The minimum atomic E-state index is 0.141. The van der Waals surface area contributed by atoms with Gasteiger partial charge in [-0.05, 0) is 32.4 Å². The molecule has 16 heavy (non-hydrogen) atoms. The summed E-state index contributed by atoms with van der Waals surface area (Å²) in [4.78, 5) is 13.8. The molecule has 0 aromatic heterocycles. The van der Waals surface area contributed by atoms with E-state index in [1.807, 2.05) is 7.05 Å². The van der Waals surface area contributed by atoms with Crippen molar-refractivity contribution in [1.82, 2.24) is 15.5 Å². The number of nitrogens with one attached hydrogen (secondary N) is 2. The first-order chi connectivity index (χ1) is 7.65. The first-order valence-corrected chi connectivity index (χ1v) is 6.32. The summed E-state index contributed by atoms with van der Waals surface area (Å²) >= 11 is 0. The second-order valence-corrected chi connectivity index (χ2v) is 4.80. The fourth-order valence-corrected chi connectivity index (χ4v) is 2.23. The summed E-state index contributed by atoms with van der Waals surface area (Å²) in [5.74, 6) is 0.812. The van der Waals surface area contributed by atoms with Crippen LogP contribution in [0.3, 0.4) is 0 Å². The highest BCUT2D eigenvalue weighted by atomic mass is 16.2. The zero-order valence-corrected chi connectivity index (χ0v) is 10.8. The van der Waals surface area contributed by atoms with Crippen LogP contribution in [0.2, 0.25) is 0 Å². The molecule has 2 N–H and O–H groups in total. The maximum absolute atomic E-state index is 11.6. The van der Waals surface area contributed by atoms with Gasteiger partial charge in [-0.1, -0.05) is 13.8 Å². The summed E-state index contributed by atoms with van der Waals surface area (Å²) < 4.78 is 0. The van der Waals surface area contributed by atoms with Gasteiger partial charge in [0.15, 0.2) is 0 Å². The van der Waals surface area contributed by atoms with Crippen LogP contribution in [-0.2, 0) is 4.79 Å². The largest absolute Gasteiger partial charge is 0.355 e. The monoisotopic (exact) mass is 227 g/mol. The Balaban J connectivity index is 2.32. The number of hydrogen-bond acceptors (Lipinski definition) is 3. The molecule has 1 rings (SSSR count). The normalized spacial score (nSPS) is 25.8. The zero-order chi connectivity index (χ0) is 12.0. The third-order valence-electron chi connectivity index (χ3n) is 3.32. The summed E-state index contributed by atoms with van der Waals surface area (Å²) in [5.41, 5.74) is 0. The second kappa shape index (κ2) is 6.86. The van der Waals surface area contributed by atoms with Crippen molar-refractivity contribution in [1.29, 1.82) is 0 Å². The van der Waals surface area contributed by atoms with Crippen LogP contribution >= 0.6 is 0 Å². The summed E-state index contributed by atoms with van der Waals surface area (Å²) in [7, 11) is 2.04. The Kier molecular flexibility index (Phi) is 5.77. The lowest BCUT2D eigenvalue weighted by Crippen LogP contribution is -2.51. The summed E-state index contributed by atoms with van der Waals surface area (Å²) in [6.45, 7) is 7.73. The molecule has 0 spiro atoms. The predicted molar refractivity (Wildman–Crippen MR) is 66.4 cm³/mol. The molecule has 0 saturated carbocycles. The number of likely N-dealkylation sites (N-methyl/N-ethyl adjacent to an activating group) is 1. The van der Waals surface area contributed by atoms with Crippen LogP contribution in [0.15, 0.2) is 0 Å². The van der Waals surface area contributed by atoms with Crippen LogP contribution in [0, 0.1) is 5.92 Å². The lowest BCUT2D eigenvalue weighted by molar-refractivity contribution is -0.122. The van der Waals surface area contributed by atoms with Gasteiger partial charge in [-0.25, -0.2) is 0 Å². The minimum absolute atomic E-state index is 0.141. The highest BCUT2D eigenvalue weighted by Gasteiger charge is 2.25. The molecule has 1 fully saturated rings. The van der Waals surface area contributed by atoms with Crippen LogP contribution in [-0.4, -0.2) is 50.1 Å². The zero-order valence-electron chi connectivity index (χ0n) is 10.8. The van der Waals surface area contributed by atoms with E-state index in [2.05, 4.69) is 29.4 Å². The number of carbonyl (C=O) groups is 1. The van der Waals surface area contributed by atoms with Crippen LogP contribution in [0.5, 0.6) is 0 Å². The molecule has 1 heterocycles. The molecule has 2 unspecified atom stereocenters. The summed E-state index contributed by atoms with van der Waals surface area (Å²) in [6.07, 6.45) is 2.20. The average molecular weight is 227 g/mol. The molecule has 1 saturated heterocycles. The molecular weight excluding hydrogens is 202 g/mol. The quantitative estimate of drug-likeness (QED) is 0.716. The molecule has 1 aliphatic rings. The Morgan fingerprint density at radius 1 is 1.56 bits per heavy atom. The minimum Gasteiger partial charge on any atom is -0.355 e. The molecule has 0 aromatic rings. The smallest absolute Gasteiger partial charge is 0.234 e. The Morgan fingerprint density at radius 2 is 2.31 bits per heavy atom. The van der Waals surface area contributed by atoms with Gasteiger partial charge in [-0.2, -0.15) is 0 Å². The first kappa shape index (κ1) is 13.5. The van der Waals surface area contributed by atoms with E-state index >= 15 is 0 Å². The second-order valence-electron chi connectivity index (χ2n) is 4.80. The number of piperidine rings is 1. The SMILES string of the molecule is CCCNC(=O)CN(C)C1CNCCC1C. The van der Waals surface area contributed by atoms with Gasteiger partial charge in [0.2, 0.25) is 5.91 Å². The Bertz CT molecular complexity index is 220. The van der Waals surface area contributed by atoms with E-state index in [0.29, 0.717) is 18.5 Å². The Labute approximate surface area is 98.8 Å². The molecular formula is C12H25N3O. The summed E-state index contributed by atoms with van der Waals surface area (Å²) in [6, 6.07) is 0.487. The molecule has 4 nitrogen and oxygen atoms in total. The Hall–Kier alpha value is -0.610. The number of rotatable bonds is 5. The molecule has 4 heteroatoms. The third kappa shape index (κ3) is 4.10. The van der Waals surface area contributed by atoms with Crippen LogP contribution < -0.4 is 10.6 Å². The van der Waals surface area contributed by atoms with Crippen molar-refractivity contribution < 1.29 is 4.79 Å². The molecule has 1 aliphatic heterocycles. The van der Waals surface area contributed by atoms with Crippen molar-refractivity contribution in [3.63, 3.8) is 0 Å². The van der Waals surface area contributed by atoms with E-state index in [9.17, 15) is 4.79 Å². The van der Waals surface area contributed by atoms with Crippen molar-refractivity contribution in [2.24, 2.45) is 5.92 Å². The number of hydrogen-bond donors (Lipinski definition) is 2. The fraction of sp³-hybridized carbons (Fsp3) is 0.917. The molecule has 0 bridgehead atoms. The van der Waals surface area contributed by atoms with Gasteiger partial charge in [0.25, 0.3) is 0 Å². The number of amides is 1.